The lowest BCUT2D eigenvalue weighted by Gasteiger charge is -2.38. The molecule has 0 unspecified atom stereocenters. The number of carbonyl (C=O) groups excluding carboxylic acids is 3. The summed E-state index contributed by atoms with van der Waals surface area (Å²) in [6.45, 7) is 1.48. The molecular formula is C19H19NO6. The van der Waals surface area contributed by atoms with Crippen LogP contribution in [-0.2, 0) is 23.8 Å². The average molecular weight is 357 g/mol. The van der Waals surface area contributed by atoms with E-state index in [0.29, 0.717) is 6.42 Å². The predicted octanol–water partition coefficient (Wildman–Crippen LogP) is 1.78. The van der Waals surface area contributed by atoms with Gasteiger partial charge in [-0.05, 0) is 17.7 Å². The molecule has 0 aliphatic carbocycles. The van der Waals surface area contributed by atoms with Gasteiger partial charge in [0.1, 0.15) is 24.9 Å². The summed E-state index contributed by atoms with van der Waals surface area (Å²) in [6, 6.07) is 8.82. The van der Waals surface area contributed by atoms with Gasteiger partial charge in [0.05, 0.1) is 12.1 Å². The molecule has 1 amide bonds. The predicted molar refractivity (Wildman–Crippen MR) is 89.2 cm³/mol. The average Bonchev–Trinajstić information content (AvgIpc) is 3.16. The van der Waals surface area contributed by atoms with Crippen molar-refractivity contribution >= 4 is 17.8 Å². The van der Waals surface area contributed by atoms with Crippen LogP contribution in [0, 0.1) is 0 Å². The van der Waals surface area contributed by atoms with Crippen molar-refractivity contribution in [3.63, 3.8) is 0 Å². The maximum Gasteiger partial charge on any atom is 0.410 e. The molecule has 136 valence electrons. The van der Waals surface area contributed by atoms with Crippen LogP contribution in [0.5, 0.6) is 0 Å². The Labute approximate surface area is 150 Å². The minimum Gasteiger partial charge on any atom is -0.462 e. The Morgan fingerprint density at radius 3 is 2.81 bits per heavy atom. The molecule has 26 heavy (non-hydrogen) atoms. The van der Waals surface area contributed by atoms with Gasteiger partial charge in [-0.25, -0.2) is 4.79 Å². The second kappa shape index (κ2) is 6.25. The number of fused-ring (bicyclic) bond motifs is 2. The van der Waals surface area contributed by atoms with E-state index < -0.39 is 29.8 Å². The first-order valence-corrected chi connectivity index (χ1v) is 8.54. The fraction of sp³-hybridized carbons (Fsp3) is 0.421. The van der Waals surface area contributed by atoms with Gasteiger partial charge in [0, 0.05) is 13.3 Å². The minimum absolute atomic E-state index is 0.0570. The zero-order chi connectivity index (χ0) is 18.3. The van der Waals surface area contributed by atoms with Gasteiger partial charge >= 0.3 is 12.1 Å². The molecule has 0 spiro atoms. The van der Waals surface area contributed by atoms with Crippen LogP contribution in [0.1, 0.15) is 24.9 Å². The van der Waals surface area contributed by atoms with E-state index in [1.165, 1.54) is 13.0 Å². The summed E-state index contributed by atoms with van der Waals surface area (Å²) >= 11 is 0. The Hall–Kier alpha value is -2.67. The van der Waals surface area contributed by atoms with Crippen LogP contribution in [0.3, 0.4) is 0 Å². The van der Waals surface area contributed by atoms with Crippen molar-refractivity contribution in [3.05, 3.63) is 48.0 Å². The number of esters is 1. The molecule has 2 fully saturated rings. The summed E-state index contributed by atoms with van der Waals surface area (Å²) < 4.78 is 16.4. The third-order valence-electron chi connectivity index (χ3n) is 5.14. The molecule has 0 aromatic heterocycles. The first-order chi connectivity index (χ1) is 12.5. The molecule has 1 aromatic carbocycles. The van der Waals surface area contributed by atoms with E-state index in [0.717, 1.165) is 5.56 Å². The third kappa shape index (κ3) is 2.68. The topological polar surface area (TPSA) is 82.1 Å². The van der Waals surface area contributed by atoms with Crippen molar-refractivity contribution in [2.75, 3.05) is 13.2 Å². The van der Waals surface area contributed by atoms with Crippen LogP contribution in [0.15, 0.2) is 42.5 Å². The molecule has 0 saturated carbocycles. The van der Waals surface area contributed by atoms with Gasteiger partial charge < -0.3 is 14.2 Å². The second-order valence-electron chi connectivity index (χ2n) is 6.74. The number of nitrogens with zero attached hydrogens (tertiary/aromatic N) is 1. The molecule has 3 aliphatic rings. The first-order valence-electron chi connectivity index (χ1n) is 8.54. The van der Waals surface area contributed by atoms with E-state index in [2.05, 4.69) is 0 Å². The molecule has 7 heteroatoms. The Morgan fingerprint density at radius 2 is 2.08 bits per heavy atom. The monoisotopic (exact) mass is 357 g/mol. The highest BCUT2D eigenvalue weighted by atomic mass is 16.6. The lowest BCUT2D eigenvalue weighted by Crippen LogP contribution is -2.53. The van der Waals surface area contributed by atoms with Gasteiger partial charge in [-0.3, -0.25) is 14.5 Å². The van der Waals surface area contributed by atoms with E-state index in [1.807, 2.05) is 30.3 Å². The minimum atomic E-state index is -1.04. The van der Waals surface area contributed by atoms with Crippen LogP contribution in [-0.4, -0.2) is 53.7 Å². The highest BCUT2D eigenvalue weighted by molar-refractivity contribution is 5.95. The SMILES string of the molecule is CC(=O)OC[C@@]12C=CC(=O)[C@@H](C[C@H]1N1C(=O)OC[C@H]1c1ccccc1)O2. The Morgan fingerprint density at radius 1 is 1.31 bits per heavy atom. The van der Waals surface area contributed by atoms with Crippen LogP contribution < -0.4 is 0 Å². The Kier molecular flexibility index (Phi) is 4.03. The number of hydrogen-bond donors (Lipinski definition) is 0. The normalized spacial score (nSPS) is 32.7. The molecular weight excluding hydrogens is 338 g/mol. The van der Waals surface area contributed by atoms with Crippen LogP contribution >= 0.6 is 0 Å². The van der Waals surface area contributed by atoms with Gasteiger partial charge in [0.2, 0.25) is 0 Å². The number of ether oxygens (including phenoxy) is 3. The lowest BCUT2D eigenvalue weighted by molar-refractivity contribution is -0.153. The van der Waals surface area contributed by atoms with Crippen molar-refractivity contribution in [3.8, 4) is 0 Å². The van der Waals surface area contributed by atoms with Crippen molar-refractivity contribution < 1.29 is 28.6 Å². The quantitative estimate of drug-likeness (QED) is 0.764. The van der Waals surface area contributed by atoms with Crippen molar-refractivity contribution in [2.45, 2.75) is 37.1 Å². The molecule has 3 aliphatic heterocycles. The van der Waals surface area contributed by atoms with Gasteiger partial charge in [-0.1, -0.05) is 30.3 Å². The molecule has 7 nitrogen and oxygen atoms in total. The summed E-state index contributed by atoms with van der Waals surface area (Å²) in [4.78, 5) is 37.6. The first kappa shape index (κ1) is 16.8. The molecule has 0 N–H and O–H groups in total. The number of hydrogen-bond acceptors (Lipinski definition) is 6. The van der Waals surface area contributed by atoms with Gasteiger partial charge in [-0.2, -0.15) is 0 Å². The molecule has 4 rings (SSSR count). The third-order valence-corrected chi connectivity index (χ3v) is 5.14. The van der Waals surface area contributed by atoms with Crippen LogP contribution in [0.25, 0.3) is 0 Å². The molecule has 4 atom stereocenters. The molecule has 2 bridgehead atoms. The number of carbonyl (C=O) groups is 3. The fourth-order valence-corrected chi connectivity index (χ4v) is 3.90. The summed E-state index contributed by atoms with van der Waals surface area (Å²) in [5, 5.41) is 0. The highest BCUT2D eigenvalue weighted by Gasteiger charge is 2.58. The van der Waals surface area contributed by atoms with E-state index >= 15 is 0 Å². The number of amides is 1. The van der Waals surface area contributed by atoms with Gasteiger partial charge in [0.15, 0.2) is 5.78 Å². The highest BCUT2D eigenvalue weighted by Crippen LogP contribution is 2.44. The van der Waals surface area contributed by atoms with E-state index in [1.54, 1.807) is 11.0 Å². The Bertz CT molecular complexity index is 775. The molecule has 2 saturated heterocycles. The molecule has 1 aromatic rings. The number of benzene rings is 1. The second-order valence-corrected chi connectivity index (χ2v) is 6.74. The number of rotatable bonds is 4. The lowest BCUT2D eigenvalue weighted by atomic mass is 9.92. The zero-order valence-electron chi connectivity index (χ0n) is 14.3. The zero-order valence-corrected chi connectivity index (χ0v) is 14.3. The maximum atomic E-state index is 12.5. The molecule has 3 heterocycles. The van der Waals surface area contributed by atoms with Crippen LogP contribution in [0.4, 0.5) is 4.79 Å². The van der Waals surface area contributed by atoms with E-state index in [-0.39, 0.29) is 25.0 Å². The number of ketones is 1. The summed E-state index contributed by atoms with van der Waals surface area (Å²) in [7, 11) is 0. The van der Waals surface area contributed by atoms with E-state index in [4.69, 9.17) is 14.2 Å². The Balaban J connectivity index is 1.69. The summed E-state index contributed by atoms with van der Waals surface area (Å²) in [5.41, 5.74) is -0.0987. The number of cyclic esters (lactones) is 1. The maximum absolute atomic E-state index is 12.5. The summed E-state index contributed by atoms with van der Waals surface area (Å²) in [6.07, 6.45) is 2.30. The van der Waals surface area contributed by atoms with Crippen molar-refractivity contribution in [1.29, 1.82) is 0 Å². The van der Waals surface area contributed by atoms with Crippen LogP contribution in [0.2, 0.25) is 0 Å². The largest absolute Gasteiger partial charge is 0.462 e. The van der Waals surface area contributed by atoms with E-state index in [9.17, 15) is 14.4 Å². The van der Waals surface area contributed by atoms with Crippen molar-refractivity contribution in [1.82, 2.24) is 4.90 Å². The standard InChI is InChI=1S/C19H19NO6/c1-12(21)25-11-19-8-7-15(22)16(26-19)9-17(19)20-14(10-24-18(20)23)13-5-3-2-4-6-13/h2-8,14,16-17H,9-11H2,1H3/t14-,16+,17+,19-/m0/s1. The van der Waals surface area contributed by atoms with Gasteiger partial charge in [0.25, 0.3) is 0 Å². The van der Waals surface area contributed by atoms with Gasteiger partial charge in [-0.15, -0.1) is 0 Å². The van der Waals surface area contributed by atoms with Crippen molar-refractivity contribution in [2.24, 2.45) is 0 Å². The summed E-state index contributed by atoms with van der Waals surface area (Å²) in [5.74, 6) is -0.589. The smallest absolute Gasteiger partial charge is 0.410 e. The molecule has 0 radical (unpaired) electrons. The fourth-order valence-electron chi connectivity index (χ4n) is 3.90.